The number of benzene rings is 2. The normalized spacial score (nSPS) is 13.8. The van der Waals surface area contributed by atoms with Crippen molar-refractivity contribution < 1.29 is 4.79 Å². The lowest BCUT2D eigenvalue weighted by molar-refractivity contribution is 0.0953. The fourth-order valence-electron chi connectivity index (χ4n) is 3.82. The number of anilines is 2. The summed E-state index contributed by atoms with van der Waals surface area (Å²) in [5, 5.41) is 3.05. The van der Waals surface area contributed by atoms with Crippen molar-refractivity contribution in [1.29, 1.82) is 0 Å². The van der Waals surface area contributed by atoms with E-state index in [-0.39, 0.29) is 5.91 Å². The number of unbranched alkanes of at least 4 members (excludes halogenated alkanes) is 1. The Balaban J connectivity index is 1.95. The largest absolute Gasteiger partial charge is 0.352 e. The number of nitrogens with one attached hydrogen (secondary N) is 1. The number of hydrogen-bond acceptors (Lipinski definition) is 4. The Hall–Kier alpha value is -1.98. The molecular formula is C24H33N3OS. The number of likely N-dealkylation sites (N-methyl/N-ethyl adjacent to an activating group) is 1. The molecule has 0 bridgehead atoms. The first-order valence-electron chi connectivity index (χ1n) is 10.8. The zero-order chi connectivity index (χ0) is 20.8. The predicted octanol–water partition coefficient (Wildman–Crippen LogP) is 5.55. The highest BCUT2D eigenvalue weighted by Gasteiger charge is 2.28. The molecule has 1 heterocycles. The van der Waals surface area contributed by atoms with Crippen molar-refractivity contribution in [3.8, 4) is 0 Å². The Morgan fingerprint density at radius 2 is 1.79 bits per heavy atom. The first-order valence-corrected chi connectivity index (χ1v) is 11.6. The van der Waals surface area contributed by atoms with Crippen LogP contribution >= 0.6 is 11.8 Å². The van der Waals surface area contributed by atoms with Crippen molar-refractivity contribution in [2.45, 2.75) is 56.4 Å². The van der Waals surface area contributed by atoms with Gasteiger partial charge >= 0.3 is 0 Å². The first-order chi connectivity index (χ1) is 14.1. The van der Waals surface area contributed by atoms with E-state index in [2.05, 4.69) is 79.2 Å². The highest BCUT2D eigenvalue weighted by Crippen LogP contribution is 2.49. The van der Waals surface area contributed by atoms with Gasteiger partial charge in [-0.1, -0.05) is 51.1 Å². The van der Waals surface area contributed by atoms with Crippen LogP contribution in [0, 0.1) is 0 Å². The summed E-state index contributed by atoms with van der Waals surface area (Å²) in [7, 11) is 0. The van der Waals surface area contributed by atoms with Gasteiger partial charge in [0.25, 0.3) is 5.91 Å². The maximum absolute atomic E-state index is 12.7. The van der Waals surface area contributed by atoms with E-state index in [9.17, 15) is 4.79 Å². The minimum absolute atomic E-state index is 0.0152. The maximum Gasteiger partial charge on any atom is 0.251 e. The van der Waals surface area contributed by atoms with Gasteiger partial charge in [0.1, 0.15) is 0 Å². The van der Waals surface area contributed by atoms with Crippen molar-refractivity contribution in [2.24, 2.45) is 0 Å². The average Bonchev–Trinajstić information content (AvgIpc) is 2.75. The number of carbonyl (C=O) groups is 1. The monoisotopic (exact) mass is 411 g/mol. The summed E-state index contributed by atoms with van der Waals surface area (Å²) in [6.45, 7) is 12.6. The molecular weight excluding hydrogens is 378 g/mol. The molecule has 1 aliphatic heterocycles. The van der Waals surface area contributed by atoms with E-state index in [1.807, 2.05) is 6.07 Å². The zero-order valence-electron chi connectivity index (χ0n) is 18.1. The minimum Gasteiger partial charge on any atom is -0.352 e. The Kier molecular flexibility index (Phi) is 7.62. The number of hydrogen-bond donors (Lipinski definition) is 1. The van der Waals surface area contributed by atoms with Crippen LogP contribution in [0.5, 0.6) is 0 Å². The summed E-state index contributed by atoms with van der Waals surface area (Å²) >= 11 is 1.79. The third-order valence-electron chi connectivity index (χ3n) is 5.50. The molecule has 1 atom stereocenters. The number of nitrogens with zero attached hydrogens (tertiary/aromatic N) is 2. The lowest BCUT2D eigenvalue weighted by atomic mass is 10.1. The van der Waals surface area contributed by atoms with Crippen LogP contribution < -0.4 is 10.2 Å². The van der Waals surface area contributed by atoms with Crippen LogP contribution in [-0.2, 0) is 0 Å². The number of para-hydroxylation sites is 1. The smallest absolute Gasteiger partial charge is 0.251 e. The van der Waals surface area contributed by atoms with Crippen molar-refractivity contribution >= 4 is 29.0 Å². The van der Waals surface area contributed by atoms with Gasteiger partial charge in [-0.05, 0) is 56.8 Å². The molecule has 0 spiro atoms. The molecule has 0 aliphatic carbocycles. The zero-order valence-corrected chi connectivity index (χ0v) is 18.9. The summed E-state index contributed by atoms with van der Waals surface area (Å²) in [4.78, 5) is 20.0. The van der Waals surface area contributed by atoms with Crippen molar-refractivity contribution in [2.75, 3.05) is 31.1 Å². The van der Waals surface area contributed by atoms with Crippen LogP contribution in [0.1, 0.15) is 50.9 Å². The number of fused-ring (bicyclic) bond motifs is 2. The maximum atomic E-state index is 12.7. The Morgan fingerprint density at radius 3 is 2.52 bits per heavy atom. The van der Waals surface area contributed by atoms with Crippen molar-refractivity contribution in [3.05, 3.63) is 48.0 Å². The van der Waals surface area contributed by atoms with E-state index in [1.165, 1.54) is 15.5 Å². The van der Waals surface area contributed by atoms with E-state index in [0.717, 1.165) is 50.3 Å². The highest BCUT2D eigenvalue weighted by atomic mass is 32.2. The molecule has 0 radical (unpaired) electrons. The van der Waals surface area contributed by atoms with Crippen molar-refractivity contribution in [1.82, 2.24) is 10.2 Å². The Labute approximate surface area is 179 Å². The molecule has 3 rings (SSSR count). The second kappa shape index (κ2) is 10.2. The van der Waals surface area contributed by atoms with E-state index in [1.54, 1.807) is 11.8 Å². The van der Waals surface area contributed by atoms with Gasteiger partial charge in [0, 0.05) is 34.5 Å². The van der Waals surface area contributed by atoms with Gasteiger partial charge in [0.2, 0.25) is 0 Å². The van der Waals surface area contributed by atoms with Gasteiger partial charge in [-0.2, -0.15) is 0 Å². The van der Waals surface area contributed by atoms with Gasteiger partial charge in [-0.3, -0.25) is 4.79 Å². The molecule has 4 nitrogen and oxygen atoms in total. The van der Waals surface area contributed by atoms with Gasteiger partial charge in [-0.25, -0.2) is 0 Å². The molecule has 5 heteroatoms. The van der Waals surface area contributed by atoms with Gasteiger partial charge in [-0.15, -0.1) is 0 Å². The number of amides is 1. The summed E-state index contributed by atoms with van der Waals surface area (Å²) in [6.07, 6.45) is 2.08. The number of carbonyl (C=O) groups excluding carboxylic acids is 1. The molecule has 29 heavy (non-hydrogen) atoms. The van der Waals surface area contributed by atoms with Crippen LogP contribution in [0.4, 0.5) is 11.4 Å². The van der Waals surface area contributed by atoms with Crippen LogP contribution in [-0.4, -0.2) is 43.0 Å². The average molecular weight is 412 g/mol. The molecule has 1 amide bonds. The summed E-state index contributed by atoms with van der Waals surface area (Å²) in [5.41, 5.74) is 3.10. The second-order valence-electron chi connectivity index (χ2n) is 7.57. The van der Waals surface area contributed by atoms with Crippen LogP contribution in [0.15, 0.2) is 52.3 Å². The topological polar surface area (TPSA) is 35.6 Å². The summed E-state index contributed by atoms with van der Waals surface area (Å²) < 4.78 is 0. The Bertz CT molecular complexity index is 835. The summed E-state index contributed by atoms with van der Waals surface area (Å²) in [6, 6.07) is 15.0. The lowest BCUT2D eigenvalue weighted by Crippen LogP contribution is -2.41. The third kappa shape index (κ3) is 4.96. The second-order valence-corrected chi connectivity index (χ2v) is 8.65. The van der Waals surface area contributed by atoms with Gasteiger partial charge in [0.05, 0.1) is 11.4 Å². The molecule has 1 N–H and O–H groups in total. The van der Waals surface area contributed by atoms with Gasteiger partial charge < -0.3 is 15.1 Å². The van der Waals surface area contributed by atoms with E-state index < -0.39 is 0 Å². The molecule has 1 aliphatic rings. The standard InChI is InChI=1S/C24H33N3OS/c1-5-8-15-25-24(28)19-13-14-23-21(16-19)27(18(4)17-26(6-2)7-3)20-11-9-10-12-22(20)29-23/h9-14,16,18H,5-8,15,17H2,1-4H3,(H,25,28). The lowest BCUT2D eigenvalue weighted by Gasteiger charge is -2.39. The fourth-order valence-corrected chi connectivity index (χ4v) is 4.87. The molecule has 2 aromatic rings. The fraction of sp³-hybridized carbons (Fsp3) is 0.458. The van der Waals surface area contributed by atoms with Crippen LogP contribution in [0.3, 0.4) is 0 Å². The molecule has 0 saturated heterocycles. The molecule has 1 unspecified atom stereocenters. The van der Waals surface area contributed by atoms with E-state index in [0.29, 0.717) is 6.04 Å². The minimum atomic E-state index is 0.0152. The predicted molar refractivity (Wildman–Crippen MR) is 124 cm³/mol. The SMILES string of the molecule is CCCCNC(=O)c1ccc2c(c1)N(C(C)CN(CC)CC)c1ccccc1S2. The molecule has 2 aromatic carbocycles. The van der Waals surface area contributed by atoms with E-state index >= 15 is 0 Å². The highest BCUT2D eigenvalue weighted by molar-refractivity contribution is 7.99. The molecule has 0 aromatic heterocycles. The van der Waals surface area contributed by atoms with Crippen molar-refractivity contribution in [3.63, 3.8) is 0 Å². The van der Waals surface area contributed by atoms with Gasteiger partial charge in [0.15, 0.2) is 0 Å². The molecule has 156 valence electrons. The molecule has 0 fully saturated rings. The van der Waals surface area contributed by atoms with E-state index in [4.69, 9.17) is 0 Å². The Morgan fingerprint density at radius 1 is 1.07 bits per heavy atom. The number of rotatable bonds is 9. The van der Waals surface area contributed by atoms with Crippen LogP contribution in [0.25, 0.3) is 0 Å². The summed E-state index contributed by atoms with van der Waals surface area (Å²) in [5.74, 6) is 0.0152. The first kappa shape index (κ1) is 21.7. The third-order valence-corrected chi connectivity index (χ3v) is 6.63. The molecule has 0 saturated carbocycles. The quantitative estimate of drug-likeness (QED) is 0.549. The van der Waals surface area contributed by atoms with Crippen LogP contribution in [0.2, 0.25) is 0 Å².